The molecule has 3 atom stereocenters. The average Bonchev–Trinajstić information content (AvgIpc) is 3.72. The Balaban J connectivity index is 1.59. The Morgan fingerprint density at radius 2 is 1.89 bits per heavy atom. The number of hydrogen-bond acceptors (Lipinski definition) is 4. The van der Waals surface area contributed by atoms with Crippen LogP contribution in [0.3, 0.4) is 0 Å². The molecule has 0 saturated heterocycles. The van der Waals surface area contributed by atoms with Crippen molar-refractivity contribution in [2.45, 2.75) is 64.3 Å². The van der Waals surface area contributed by atoms with Gasteiger partial charge in [-0.3, -0.25) is 9.69 Å². The minimum atomic E-state index is -1.03. The molecule has 36 heavy (non-hydrogen) atoms. The molecule has 2 N–H and O–H groups in total. The summed E-state index contributed by atoms with van der Waals surface area (Å²) in [7, 11) is 1.71. The fourth-order valence-corrected chi connectivity index (χ4v) is 6.26. The number of carbonyl (C=O) groups is 2. The van der Waals surface area contributed by atoms with E-state index in [4.69, 9.17) is 4.74 Å². The molecule has 1 fully saturated rings. The number of carbonyl (C=O) groups excluding carboxylic acids is 1. The first kappa shape index (κ1) is 26.2. The van der Waals surface area contributed by atoms with Crippen molar-refractivity contribution in [1.82, 2.24) is 10.2 Å². The number of aromatic carboxylic acids is 1. The Morgan fingerprint density at radius 3 is 2.53 bits per heavy atom. The van der Waals surface area contributed by atoms with Gasteiger partial charge in [0.2, 0.25) is 0 Å². The summed E-state index contributed by atoms with van der Waals surface area (Å²) in [5, 5.41) is 12.3. The smallest absolute Gasteiger partial charge is 0.335 e. The summed E-state index contributed by atoms with van der Waals surface area (Å²) in [6.45, 7) is 9.67. The van der Waals surface area contributed by atoms with Crippen LogP contribution in [0.5, 0.6) is 5.75 Å². The van der Waals surface area contributed by atoms with E-state index < -0.39 is 5.97 Å². The van der Waals surface area contributed by atoms with E-state index in [-0.39, 0.29) is 16.9 Å². The van der Waals surface area contributed by atoms with Gasteiger partial charge in [-0.05, 0) is 91.9 Å². The van der Waals surface area contributed by atoms with Gasteiger partial charge >= 0.3 is 5.97 Å². The van der Waals surface area contributed by atoms with Gasteiger partial charge in [-0.1, -0.05) is 32.9 Å². The maximum absolute atomic E-state index is 12.9. The van der Waals surface area contributed by atoms with Crippen molar-refractivity contribution in [1.29, 1.82) is 0 Å². The molecule has 0 bridgehead atoms. The van der Waals surface area contributed by atoms with Crippen LogP contribution in [-0.2, 0) is 11.8 Å². The van der Waals surface area contributed by atoms with Crippen LogP contribution in [0, 0.1) is 11.8 Å². The zero-order chi connectivity index (χ0) is 25.9. The van der Waals surface area contributed by atoms with Gasteiger partial charge in [0.15, 0.2) is 0 Å². The number of carboxylic acid groups (broad SMARTS) is 1. The fraction of sp³-hybridized carbons (Fsp3) is 0.533. The lowest BCUT2D eigenvalue weighted by Crippen LogP contribution is -2.54. The van der Waals surface area contributed by atoms with Crippen LogP contribution in [-0.4, -0.2) is 54.7 Å². The molecule has 1 unspecified atom stereocenters. The molecule has 0 spiro atoms. The van der Waals surface area contributed by atoms with E-state index in [1.165, 1.54) is 42.6 Å². The van der Waals surface area contributed by atoms with Crippen LogP contribution >= 0.6 is 0 Å². The number of nitrogens with one attached hydrogen (secondary N) is 1. The number of fused-ring (bicyclic) bond motifs is 1. The van der Waals surface area contributed by atoms with Crippen LogP contribution in [0.4, 0.5) is 0 Å². The normalized spacial score (nSPS) is 23.2. The van der Waals surface area contributed by atoms with Crippen molar-refractivity contribution >= 4 is 11.9 Å². The average molecular weight is 493 g/mol. The summed E-state index contributed by atoms with van der Waals surface area (Å²) in [5.41, 5.74) is 3.12. The summed E-state index contributed by atoms with van der Waals surface area (Å²) < 4.78 is 5.61. The molecule has 0 aromatic heterocycles. The van der Waals surface area contributed by atoms with E-state index in [1.54, 1.807) is 19.2 Å². The van der Waals surface area contributed by atoms with Gasteiger partial charge in [0.25, 0.3) is 5.91 Å². The number of likely N-dealkylation sites (N-methyl/N-ethyl adjacent to an activating group) is 1. The van der Waals surface area contributed by atoms with Crippen molar-refractivity contribution in [3.8, 4) is 5.75 Å². The van der Waals surface area contributed by atoms with Gasteiger partial charge < -0.3 is 15.2 Å². The number of amides is 1. The van der Waals surface area contributed by atoms with Crippen molar-refractivity contribution in [3.63, 3.8) is 0 Å². The molecule has 2 aliphatic carbocycles. The zero-order valence-electron chi connectivity index (χ0n) is 22.0. The molecule has 2 aromatic carbocycles. The maximum Gasteiger partial charge on any atom is 0.335 e. The predicted molar refractivity (Wildman–Crippen MR) is 142 cm³/mol. The van der Waals surface area contributed by atoms with E-state index in [2.05, 4.69) is 49.2 Å². The Bertz CT molecular complexity index is 1100. The summed E-state index contributed by atoms with van der Waals surface area (Å²) in [5.74, 6) is 0.851. The van der Waals surface area contributed by atoms with Gasteiger partial charge in [0.1, 0.15) is 5.75 Å². The van der Waals surface area contributed by atoms with E-state index in [0.717, 1.165) is 37.5 Å². The molecule has 0 heterocycles. The second-order valence-corrected chi connectivity index (χ2v) is 10.5. The first-order chi connectivity index (χ1) is 17.3. The molecule has 1 amide bonds. The first-order valence-electron chi connectivity index (χ1n) is 13.4. The number of benzene rings is 2. The summed E-state index contributed by atoms with van der Waals surface area (Å²) in [6.07, 6.45) is 5.51. The summed E-state index contributed by atoms with van der Waals surface area (Å²) in [4.78, 5) is 26.9. The third-order valence-electron chi connectivity index (χ3n) is 8.66. The van der Waals surface area contributed by atoms with E-state index in [9.17, 15) is 14.7 Å². The third-order valence-corrected chi connectivity index (χ3v) is 8.66. The second kappa shape index (κ2) is 11.0. The number of hydrogen-bond donors (Lipinski definition) is 2. The fourth-order valence-electron chi connectivity index (χ4n) is 6.26. The van der Waals surface area contributed by atoms with Crippen molar-refractivity contribution in [3.05, 3.63) is 64.7 Å². The molecule has 1 saturated carbocycles. The van der Waals surface area contributed by atoms with Gasteiger partial charge in [-0.25, -0.2) is 4.79 Å². The van der Waals surface area contributed by atoms with Crippen molar-refractivity contribution in [2.75, 3.05) is 26.7 Å². The third kappa shape index (κ3) is 5.29. The number of nitrogens with zero attached hydrogens (tertiary/aromatic N) is 1. The van der Waals surface area contributed by atoms with Crippen LogP contribution in [0.2, 0.25) is 0 Å². The highest BCUT2D eigenvalue weighted by atomic mass is 16.5. The van der Waals surface area contributed by atoms with Crippen molar-refractivity contribution in [2.24, 2.45) is 11.8 Å². The molecule has 6 heteroatoms. The first-order valence-corrected chi connectivity index (χ1v) is 13.4. The van der Waals surface area contributed by atoms with Gasteiger partial charge in [-0.15, -0.1) is 0 Å². The molecule has 2 aliphatic rings. The SMILES string of the molecule is CCN(CC1CC1)[C@@H]1Cc2ccc(OC)cc2C(CC)(CCNC(=O)c2cccc(C(=O)O)c2)[C@H]1C. The summed E-state index contributed by atoms with van der Waals surface area (Å²) >= 11 is 0. The maximum atomic E-state index is 12.9. The largest absolute Gasteiger partial charge is 0.497 e. The van der Waals surface area contributed by atoms with Gasteiger partial charge in [0, 0.05) is 30.1 Å². The highest BCUT2D eigenvalue weighted by Crippen LogP contribution is 2.49. The van der Waals surface area contributed by atoms with E-state index in [1.807, 2.05) is 0 Å². The Labute approximate surface area is 215 Å². The lowest BCUT2D eigenvalue weighted by molar-refractivity contribution is 0.0697. The molecule has 194 valence electrons. The minimum Gasteiger partial charge on any atom is -0.497 e. The Morgan fingerprint density at radius 1 is 1.14 bits per heavy atom. The van der Waals surface area contributed by atoms with Crippen LogP contribution in [0.15, 0.2) is 42.5 Å². The number of methoxy groups -OCH3 is 1. The molecular weight excluding hydrogens is 452 g/mol. The standard InChI is InChI=1S/C30H40N2O4/c1-5-30(14-15-31-28(33)23-8-7-9-24(16-23)29(34)35)20(3)27(32(6-2)19-21-10-11-21)17-22-12-13-25(36-4)18-26(22)30/h7-9,12-13,16,18,20-21,27H,5-6,10-11,14-15,17,19H2,1-4H3,(H,31,33)(H,34,35)/t20-,27+,30?/m0/s1. The minimum absolute atomic E-state index is 0.0973. The highest BCUT2D eigenvalue weighted by Gasteiger charge is 2.47. The predicted octanol–water partition coefficient (Wildman–Crippen LogP) is 5.15. The molecule has 4 rings (SSSR count). The van der Waals surface area contributed by atoms with Crippen LogP contribution in [0.1, 0.15) is 78.3 Å². The lowest BCUT2D eigenvalue weighted by Gasteiger charge is -2.51. The monoisotopic (exact) mass is 492 g/mol. The molecule has 0 radical (unpaired) electrons. The molecule has 0 aliphatic heterocycles. The quantitative estimate of drug-likeness (QED) is 0.453. The number of rotatable bonds is 11. The Kier molecular flexibility index (Phi) is 8.04. The second-order valence-electron chi connectivity index (χ2n) is 10.5. The van der Waals surface area contributed by atoms with Crippen LogP contribution in [0.25, 0.3) is 0 Å². The summed E-state index contributed by atoms with van der Waals surface area (Å²) in [6, 6.07) is 13.2. The van der Waals surface area contributed by atoms with E-state index in [0.29, 0.717) is 24.1 Å². The molecule has 2 aromatic rings. The molecular formula is C30H40N2O4. The van der Waals surface area contributed by atoms with E-state index >= 15 is 0 Å². The Hall–Kier alpha value is -2.86. The van der Waals surface area contributed by atoms with Gasteiger partial charge in [-0.2, -0.15) is 0 Å². The number of carboxylic acids is 1. The zero-order valence-corrected chi connectivity index (χ0v) is 22.0. The van der Waals surface area contributed by atoms with Crippen LogP contribution < -0.4 is 10.1 Å². The molecule has 6 nitrogen and oxygen atoms in total. The van der Waals surface area contributed by atoms with Crippen molar-refractivity contribution < 1.29 is 19.4 Å². The highest BCUT2D eigenvalue weighted by molar-refractivity contribution is 5.97. The van der Waals surface area contributed by atoms with Gasteiger partial charge in [0.05, 0.1) is 12.7 Å². The number of ether oxygens (including phenoxy) is 1. The topological polar surface area (TPSA) is 78.9 Å². The lowest BCUT2D eigenvalue weighted by atomic mass is 9.58.